The maximum Gasteiger partial charge on any atom is 0.240 e. The monoisotopic (exact) mass is 360 g/mol. The summed E-state index contributed by atoms with van der Waals surface area (Å²) in [7, 11) is -0.404. The number of nitrogens with one attached hydrogen (secondary N) is 1. The molecule has 132 valence electrons. The third kappa shape index (κ3) is 3.52. The van der Waals surface area contributed by atoms with Crippen LogP contribution >= 0.6 is 0 Å². The van der Waals surface area contributed by atoms with Crippen LogP contribution in [0.1, 0.15) is 17.5 Å². The average molecular weight is 360 g/mol. The van der Waals surface area contributed by atoms with E-state index < -0.39 is 10.0 Å². The molecule has 0 aliphatic carbocycles. The summed E-state index contributed by atoms with van der Waals surface area (Å²) in [6.07, 6.45) is 0.940. The molecule has 1 heterocycles. The maximum atomic E-state index is 12.6. The molecular weight excluding hydrogens is 340 g/mol. The molecule has 0 saturated carbocycles. The molecule has 0 aromatic heterocycles. The highest BCUT2D eigenvalue weighted by Gasteiger charge is 2.23. The van der Waals surface area contributed by atoms with Crippen LogP contribution in [0.15, 0.2) is 47.4 Å². The van der Waals surface area contributed by atoms with Crippen LogP contribution < -0.4 is 14.4 Å². The lowest BCUT2D eigenvalue weighted by Gasteiger charge is -2.26. The fraction of sp³-hybridized carbons (Fsp3) is 0.278. The molecular formula is C18H20N2O4S. The van der Waals surface area contributed by atoms with Gasteiger partial charge in [-0.05, 0) is 36.2 Å². The summed E-state index contributed by atoms with van der Waals surface area (Å²) in [6, 6.07) is 12.1. The van der Waals surface area contributed by atoms with Gasteiger partial charge in [-0.2, -0.15) is 0 Å². The van der Waals surface area contributed by atoms with E-state index in [1.165, 1.54) is 6.07 Å². The fourth-order valence-corrected chi connectivity index (χ4v) is 3.96. The van der Waals surface area contributed by atoms with Crippen molar-refractivity contribution in [1.29, 1.82) is 0 Å². The minimum Gasteiger partial charge on any atom is -0.496 e. The largest absolute Gasteiger partial charge is 0.496 e. The summed E-state index contributed by atoms with van der Waals surface area (Å²) in [5.74, 6) is 0.674. The van der Waals surface area contributed by atoms with E-state index >= 15 is 0 Å². The molecule has 0 unspecified atom stereocenters. The van der Waals surface area contributed by atoms with Gasteiger partial charge in [0.15, 0.2) is 0 Å². The zero-order valence-electron chi connectivity index (χ0n) is 14.2. The number of methoxy groups -OCH3 is 1. The van der Waals surface area contributed by atoms with Crippen molar-refractivity contribution < 1.29 is 17.9 Å². The van der Waals surface area contributed by atoms with Gasteiger partial charge < -0.3 is 9.64 Å². The number of fused-ring (bicyclic) bond motifs is 1. The molecule has 1 aliphatic rings. The van der Waals surface area contributed by atoms with E-state index in [2.05, 4.69) is 4.72 Å². The van der Waals surface area contributed by atoms with Crippen LogP contribution in [-0.2, 0) is 27.8 Å². The van der Waals surface area contributed by atoms with Crippen LogP contribution in [0.5, 0.6) is 5.75 Å². The standard InChI is InChI=1S/C18H20N2O4S/c1-20-16-9-8-15(11-13(16)7-10-18(20)21)25(22,23)19-12-14-5-3-4-6-17(14)24-2/h3-6,8-9,11,19H,7,10,12H2,1-2H3. The molecule has 0 bridgehead atoms. The molecule has 1 aliphatic heterocycles. The lowest BCUT2D eigenvalue weighted by Crippen LogP contribution is -2.31. The number of rotatable bonds is 5. The van der Waals surface area contributed by atoms with Crippen LogP contribution in [0.25, 0.3) is 0 Å². The van der Waals surface area contributed by atoms with Gasteiger partial charge in [0.05, 0.1) is 12.0 Å². The summed E-state index contributed by atoms with van der Waals surface area (Å²) < 4.78 is 33.1. The van der Waals surface area contributed by atoms with Crippen LogP contribution in [-0.4, -0.2) is 28.5 Å². The van der Waals surface area contributed by atoms with E-state index in [-0.39, 0.29) is 17.3 Å². The first kappa shape index (κ1) is 17.4. The highest BCUT2D eigenvalue weighted by molar-refractivity contribution is 7.89. The van der Waals surface area contributed by atoms with Gasteiger partial charge in [-0.3, -0.25) is 4.79 Å². The van der Waals surface area contributed by atoms with Crippen LogP contribution in [0.3, 0.4) is 0 Å². The van der Waals surface area contributed by atoms with Gasteiger partial charge in [0.2, 0.25) is 15.9 Å². The smallest absolute Gasteiger partial charge is 0.240 e. The Kier molecular flexibility index (Phi) is 4.78. The Morgan fingerprint density at radius 3 is 2.68 bits per heavy atom. The Hall–Kier alpha value is -2.38. The van der Waals surface area contributed by atoms with E-state index in [1.54, 1.807) is 37.3 Å². The molecule has 0 atom stereocenters. The lowest BCUT2D eigenvalue weighted by atomic mass is 10.0. The molecule has 1 amide bonds. The van der Waals surface area contributed by atoms with Crippen molar-refractivity contribution in [2.24, 2.45) is 0 Å². The number of para-hydroxylation sites is 1. The number of hydrogen-bond acceptors (Lipinski definition) is 4. The highest BCUT2D eigenvalue weighted by Crippen LogP contribution is 2.29. The van der Waals surface area contributed by atoms with Gasteiger partial charge in [0.25, 0.3) is 0 Å². The van der Waals surface area contributed by atoms with Gasteiger partial charge in [-0.15, -0.1) is 0 Å². The predicted molar refractivity (Wildman–Crippen MR) is 95.2 cm³/mol. The van der Waals surface area contributed by atoms with Crippen LogP contribution in [0, 0.1) is 0 Å². The maximum absolute atomic E-state index is 12.6. The summed E-state index contributed by atoms with van der Waals surface area (Å²) in [5, 5.41) is 0. The van der Waals surface area contributed by atoms with Crippen LogP contribution in [0.2, 0.25) is 0 Å². The normalized spacial score (nSPS) is 14.3. The van der Waals surface area contributed by atoms with Gasteiger partial charge >= 0.3 is 0 Å². The third-order valence-electron chi connectivity index (χ3n) is 4.35. The topological polar surface area (TPSA) is 75.7 Å². The first-order valence-electron chi connectivity index (χ1n) is 7.93. The van der Waals surface area contributed by atoms with Gasteiger partial charge in [0.1, 0.15) is 5.75 Å². The molecule has 25 heavy (non-hydrogen) atoms. The molecule has 0 saturated heterocycles. The summed E-state index contributed by atoms with van der Waals surface area (Å²) in [6.45, 7) is 0.141. The number of nitrogens with zero attached hydrogens (tertiary/aromatic N) is 1. The van der Waals surface area contributed by atoms with Crippen molar-refractivity contribution >= 4 is 21.6 Å². The number of sulfonamides is 1. The van der Waals surface area contributed by atoms with Crippen molar-refractivity contribution in [2.45, 2.75) is 24.3 Å². The van der Waals surface area contributed by atoms with Crippen molar-refractivity contribution in [2.75, 3.05) is 19.1 Å². The number of amides is 1. The number of hydrogen-bond donors (Lipinski definition) is 1. The summed E-state index contributed by atoms with van der Waals surface area (Å²) in [4.78, 5) is 13.5. The Morgan fingerprint density at radius 1 is 1.16 bits per heavy atom. The van der Waals surface area contributed by atoms with Gasteiger partial charge in [-0.1, -0.05) is 18.2 Å². The predicted octanol–water partition coefficient (Wildman–Crippen LogP) is 2.08. The van der Waals surface area contributed by atoms with E-state index in [9.17, 15) is 13.2 Å². The molecule has 3 rings (SSSR count). The van der Waals surface area contributed by atoms with Gasteiger partial charge in [0, 0.05) is 31.3 Å². The molecule has 0 radical (unpaired) electrons. The first-order valence-corrected chi connectivity index (χ1v) is 9.42. The van der Waals surface area contributed by atoms with Gasteiger partial charge in [-0.25, -0.2) is 13.1 Å². The first-order chi connectivity index (χ1) is 11.9. The second-order valence-electron chi connectivity index (χ2n) is 5.88. The van der Waals surface area contributed by atoms with E-state index in [4.69, 9.17) is 4.74 Å². The molecule has 6 nitrogen and oxygen atoms in total. The third-order valence-corrected chi connectivity index (χ3v) is 5.75. The number of ether oxygens (including phenoxy) is 1. The quantitative estimate of drug-likeness (QED) is 0.886. The Labute approximate surface area is 147 Å². The minimum atomic E-state index is -3.66. The van der Waals surface area contributed by atoms with Crippen molar-refractivity contribution in [3.63, 3.8) is 0 Å². The molecule has 7 heteroatoms. The zero-order valence-corrected chi connectivity index (χ0v) is 15.0. The Balaban J connectivity index is 1.82. The van der Waals surface area contributed by atoms with E-state index in [1.807, 2.05) is 18.2 Å². The number of carbonyl (C=O) groups excluding carboxylic acids is 1. The molecule has 1 N–H and O–H groups in total. The minimum absolute atomic E-state index is 0.0393. The lowest BCUT2D eigenvalue weighted by molar-refractivity contribution is -0.118. The fourth-order valence-electron chi connectivity index (χ4n) is 2.91. The molecule has 2 aromatic carbocycles. The number of aryl methyl sites for hydroxylation is 1. The molecule has 0 fully saturated rings. The highest BCUT2D eigenvalue weighted by atomic mass is 32.2. The molecule has 2 aromatic rings. The summed E-state index contributed by atoms with van der Waals surface area (Å²) in [5.41, 5.74) is 2.39. The van der Waals surface area contributed by atoms with E-state index in [0.717, 1.165) is 16.8 Å². The van der Waals surface area contributed by atoms with Crippen molar-refractivity contribution in [3.8, 4) is 5.75 Å². The van der Waals surface area contributed by atoms with E-state index in [0.29, 0.717) is 18.6 Å². The number of benzene rings is 2. The number of carbonyl (C=O) groups is 1. The number of anilines is 1. The SMILES string of the molecule is COc1ccccc1CNS(=O)(=O)c1ccc2c(c1)CCC(=O)N2C. The summed E-state index contributed by atoms with van der Waals surface area (Å²) >= 11 is 0. The van der Waals surface area contributed by atoms with Crippen molar-refractivity contribution in [3.05, 3.63) is 53.6 Å². The Bertz CT molecular complexity index is 909. The second kappa shape index (κ2) is 6.85. The zero-order chi connectivity index (χ0) is 18.0. The molecule has 0 spiro atoms. The second-order valence-corrected chi connectivity index (χ2v) is 7.65. The average Bonchev–Trinajstić information content (AvgIpc) is 2.63. The van der Waals surface area contributed by atoms with Crippen molar-refractivity contribution in [1.82, 2.24) is 4.72 Å². The Morgan fingerprint density at radius 2 is 1.92 bits per heavy atom. The van der Waals surface area contributed by atoms with Crippen LogP contribution in [0.4, 0.5) is 5.69 Å².